The van der Waals surface area contributed by atoms with Crippen molar-refractivity contribution in [1.82, 2.24) is 10.2 Å². The van der Waals surface area contributed by atoms with Gasteiger partial charge in [-0.05, 0) is 17.9 Å². The van der Waals surface area contributed by atoms with Gasteiger partial charge in [-0.2, -0.15) is 5.10 Å². The highest BCUT2D eigenvalue weighted by molar-refractivity contribution is 5.85. The number of benzene rings is 1. The Morgan fingerprint density at radius 1 is 1.29 bits per heavy atom. The third kappa shape index (κ3) is 2.61. The molecular weight excluding hydrogens is 212 g/mol. The average molecular weight is 228 g/mol. The van der Waals surface area contributed by atoms with E-state index in [9.17, 15) is 4.79 Å². The summed E-state index contributed by atoms with van der Waals surface area (Å²) in [6.07, 6.45) is 3.44. The van der Waals surface area contributed by atoms with E-state index in [2.05, 4.69) is 36.2 Å². The molecule has 3 heteroatoms. The fraction of sp³-hybridized carbons (Fsp3) is 0.286. The van der Waals surface area contributed by atoms with Crippen LogP contribution in [0, 0.1) is 5.92 Å². The van der Waals surface area contributed by atoms with Crippen molar-refractivity contribution < 1.29 is 4.79 Å². The van der Waals surface area contributed by atoms with E-state index in [1.54, 1.807) is 6.20 Å². The smallest absolute Gasteiger partial charge is 0.153 e. The van der Waals surface area contributed by atoms with Crippen LogP contribution in [0.5, 0.6) is 0 Å². The second-order valence-electron chi connectivity index (χ2n) is 4.61. The summed E-state index contributed by atoms with van der Waals surface area (Å²) in [6, 6.07) is 8.26. The minimum absolute atomic E-state index is 0.599. The molecule has 1 aromatic heterocycles. The number of aldehydes is 1. The molecule has 0 aliphatic rings. The molecule has 0 atom stereocenters. The van der Waals surface area contributed by atoms with Crippen molar-refractivity contribution in [2.24, 2.45) is 5.92 Å². The number of aromatic amines is 1. The molecule has 1 N–H and O–H groups in total. The SMILES string of the molecule is CC(C)Cc1ccc(-c2[nH]ncc2C=O)cc1. The first kappa shape index (κ1) is 11.6. The molecule has 2 aromatic rings. The lowest BCUT2D eigenvalue weighted by Gasteiger charge is -2.05. The van der Waals surface area contributed by atoms with Crippen molar-refractivity contribution in [3.63, 3.8) is 0 Å². The molecule has 0 aliphatic carbocycles. The molecule has 0 radical (unpaired) electrons. The zero-order valence-electron chi connectivity index (χ0n) is 10.1. The topological polar surface area (TPSA) is 45.8 Å². The number of hydrogen-bond donors (Lipinski definition) is 1. The first-order chi connectivity index (χ1) is 8.20. The Morgan fingerprint density at radius 2 is 2.00 bits per heavy atom. The summed E-state index contributed by atoms with van der Waals surface area (Å²) < 4.78 is 0. The molecule has 1 heterocycles. The highest BCUT2D eigenvalue weighted by Gasteiger charge is 2.06. The van der Waals surface area contributed by atoms with Gasteiger partial charge < -0.3 is 0 Å². The Morgan fingerprint density at radius 3 is 2.59 bits per heavy atom. The third-order valence-corrected chi connectivity index (χ3v) is 2.68. The van der Waals surface area contributed by atoms with Gasteiger partial charge in [-0.25, -0.2) is 0 Å². The van der Waals surface area contributed by atoms with E-state index in [-0.39, 0.29) is 0 Å². The van der Waals surface area contributed by atoms with Gasteiger partial charge in [0.05, 0.1) is 17.5 Å². The maximum absolute atomic E-state index is 10.8. The Hall–Kier alpha value is -1.90. The second-order valence-corrected chi connectivity index (χ2v) is 4.61. The van der Waals surface area contributed by atoms with Crippen molar-refractivity contribution in [1.29, 1.82) is 0 Å². The van der Waals surface area contributed by atoms with Crippen LogP contribution < -0.4 is 0 Å². The van der Waals surface area contributed by atoms with Crippen LogP contribution in [0.3, 0.4) is 0 Å². The van der Waals surface area contributed by atoms with E-state index in [0.717, 1.165) is 24.0 Å². The van der Waals surface area contributed by atoms with E-state index in [1.807, 2.05) is 12.1 Å². The molecule has 2 rings (SSSR count). The van der Waals surface area contributed by atoms with Crippen LogP contribution in [-0.4, -0.2) is 16.5 Å². The van der Waals surface area contributed by atoms with Crippen LogP contribution >= 0.6 is 0 Å². The Kier molecular flexibility index (Phi) is 3.38. The molecule has 0 bridgehead atoms. The normalized spacial score (nSPS) is 10.8. The number of nitrogens with zero attached hydrogens (tertiary/aromatic N) is 1. The Labute approximate surface area is 101 Å². The van der Waals surface area contributed by atoms with Crippen LogP contribution in [0.4, 0.5) is 0 Å². The van der Waals surface area contributed by atoms with E-state index in [1.165, 1.54) is 5.56 Å². The van der Waals surface area contributed by atoms with Crippen molar-refractivity contribution in [2.45, 2.75) is 20.3 Å². The maximum Gasteiger partial charge on any atom is 0.153 e. The van der Waals surface area contributed by atoms with Crippen molar-refractivity contribution in [2.75, 3.05) is 0 Å². The van der Waals surface area contributed by atoms with Gasteiger partial charge in [-0.1, -0.05) is 38.1 Å². The molecule has 0 unspecified atom stereocenters. The lowest BCUT2D eigenvalue weighted by atomic mass is 10.0. The average Bonchev–Trinajstić information content (AvgIpc) is 2.77. The largest absolute Gasteiger partial charge is 0.298 e. The van der Waals surface area contributed by atoms with Crippen LogP contribution in [0.25, 0.3) is 11.3 Å². The molecule has 0 amide bonds. The quantitative estimate of drug-likeness (QED) is 0.817. The maximum atomic E-state index is 10.8. The van der Waals surface area contributed by atoms with Crippen LogP contribution in [-0.2, 0) is 6.42 Å². The van der Waals surface area contributed by atoms with Crippen molar-refractivity contribution in [3.05, 3.63) is 41.6 Å². The predicted octanol–water partition coefficient (Wildman–Crippen LogP) is 3.09. The molecule has 0 saturated heterocycles. The molecule has 3 nitrogen and oxygen atoms in total. The summed E-state index contributed by atoms with van der Waals surface area (Å²) in [5.74, 6) is 0.651. The minimum atomic E-state index is 0.599. The van der Waals surface area contributed by atoms with Gasteiger partial charge in [0.15, 0.2) is 6.29 Å². The van der Waals surface area contributed by atoms with Gasteiger partial charge in [0.1, 0.15) is 0 Å². The third-order valence-electron chi connectivity index (χ3n) is 2.68. The van der Waals surface area contributed by atoms with E-state index in [0.29, 0.717) is 11.5 Å². The number of rotatable bonds is 4. The van der Waals surface area contributed by atoms with Gasteiger partial charge in [-0.3, -0.25) is 9.89 Å². The van der Waals surface area contributed by atoms with Crippen LogP contribution in [0.1, 0.15) is 29.8 Å². The van der Waals surface area contributed by atoms with E-state index >= 15 is 0 Å². The van der Waals surface area contributed by atoms with Crippen LogP contribution in [0.2, 0.25) is 0 Å². The zero-order chi connectivity index (χ0) is 12.3. The minimum Gasteiger partial charge on any atom is -0.298 e. The van der Waals surface area contributed by atoms with Crippen LogP contribution in [0.15, 0.2) is 30.5 Å². The Balaban J connectivity index is 2.26. The lowest BCUT2D eigenvalue weighted by molar-refractivity contribution is 0.112. The fourth-order valence-electron chi connectivity index (χ4n) is 1.89. The van der Waals surface area contributed by atoms with Gasteiger partial charge in [0, 0.05) is 5.56 Å². The highest BCUT2D eigenvalue weighted by Crippen LogP contribution is 2.21. The number of carbonyl (C=O) groups excluding carboxylic acids is 1. The summed E-state index contributed by atoms with van der Waals surface area (Å²) in [5.41, 5.74) is 3.70. The second kappa shape index (κ2) is 4.95. The van der Waals surface area contributed by atoms with Gasteiger partial charge in [-0.15, -0.1) is 0 Å². The van der Waals surface area contributed by atoms with Gasteiger partial charge in [0.25, 0.3) is 0 Å². The molecule has 0 spiro atoms. The van der Waals surface area contributed by atoms with Crippen molar-refractivity contribution in [3.8, 4) is 11.3 Å². The molecule has 0 fully saturated rings. The molecular formula is C14H16N2O. The standard InChI is InChI=1S/C14H16N2O/c1-10(2)7-11-3-5-12(6-4-11)14-13(9-17)8-15-16-14/h3-6,8-10H,7H2,1-2H3,(H,15,16). The first-order valence-corrected chi connectivity index (χ1v) is 5.78. The predicted molar refractivity (Wildman–Crippen MR) is 68.0 cm³/mol. The zero-order valence-corrected chi connectivity index (χ0v) is 10.1. The lowest BCUT2D eigenvalue weighted by Crippen LogP contribution is -1.93. The van der Waals surface area contributed by atoms with Gasteiger partial charge >= 0.3 is 0 Å². The van der Waals surface area contributed by atoms with E-state index < -0.39 is 0 Å². The summed E-state index contributed by atoms with van der Waals surface area (Å²) in [6.45, 7) is 4.40. The molecule has 0 saturated carbocycles. The summed E-state index contributed by atoms with van der Waals surface area (Å²) in [5, 5.41) is 6.74. The van der Waals surface area contributed by atoms with Crippen molar-refractivity contribution >= 4 is 6.29 Å². The fourth-order valence-corrected chi connectivity index (χ4v) is 1.89. The number of nitrogens with one attached hydrogen (secondary N) is 1. The molecule has 88 valence electrons. The summed E-state index contributed by atoms with van der Waals surface area (Å²) in [4.78, 5) is 10.8. The summed E-state index contributed by atoms with van der Waals surface area (Å²) >= 11 is 0. The Bertz CT molecular complexity index is 497. The molecule has 17 heavy (non-hydrogen) atoms. The first-order valence-electron chi connectivity index (χ1n) is 5.78. The van der Waals surface area contributed by atoms with Gasteiger partial charge in [0.2, 0.25) is 0 Å². The highest BCUT2D eigenvalue weighted by atomic mass is 16.1. The summed E-state index contributed by atoms with van der Waals surface area (Å²) in [7, 11) is 0. The molecule has 1 aromatic carbocycles. The number of H-pyrrole nitrogens is 1. The number of carbonyl (C=O) groups is 1. The molecule has 0 aliphatic heterocycles. The monoisotopic (exact) mass is 228 g/mol. The van der Waals surface area contributed by atoms with E-state index in [4.69, 9.17) is 0 Å². The number of aromatic nitrogens is 2. The number of hydrogen-bond acceptors (Lipinski definition) is 2.